The molecule has 3 aromatic heterocycles. The van der Waals surface area contributed by atoms with Gasteiger partial charge in [0.1, 0.15) is 17.2 Å². The molecule has 1 amide bonds. The molecule has 23 heavy (non-hydrogen) atoms. The number of nitrogens with one attached hydrogen (secondary N) is 2. The molecule has 0 fully saturated rings. The van der Waals surface area contributed by atoms with Gasteiger partial charge in [0.2, 0.25) is 0 Å². The van der Waals surface area contributed by atoms with Crippen molar-refractivity contribution in [2.24, 2.45) is 7.05 Å². The highest BCUT2D eigenvalue weighted by Gasteiger charge is 2.16. The Balaban J connectivity index is 1.82. The van der Waals surface area contributed by atoms with Crippen LogP contribution in [-0.2, 0) is 13.5 Å². The first-order chi connectivity index (χ1) is 11.1. The number of pyridine rings is 1. The molecule has 0 aromatic carbocycles. The highest BCUT2D eigenvalue weighted by Crippen LogP contribution is 2.20. The van der Waals surface area contributed by atoms with E-state index in [1.54, 1.807) is 16.9 Å². The minimum absolute atomic E-state index is 0.256. The van der Waals surface area contributed by atoms with Gasteiger partial charge in [-0.1, -0.05) is 13.0 Å². The molecule has 7 nitrogen and oxygen atoms in total. The van der Waals surface area contributed by atoms with Gasteiger partial charge in [-0.3, -0.25) is 19.6 Å². The fourth-order valence-corrected chi connectivity index (χ4v) is 2.45. The second kappa shape index (κ2) is 6.04. The van der Waals surface area contributed by atoms with Gasteiger partial charge < -0.3 is 5.32 Å². The Morgan fingerprint density at radius 2 is 2.17 bits per heavy atom. The molecule has 3 aromatic rings. The number of carbonyl (C=O) groups is 1. The van der Waals surface area contributed by atoms with Crippen molar-refractivity contribution in [1.82, 2.24) is 25.0 Å². The first-order valence-electron chi connectivity index (χ1n) is 7.40. The summed E-state index contributed by atoms with van der Waals surface area (Å²) in [6.07, 6.45) is 2.51. The summed E-state index contributed by atoms with van der Waals surface area (Å²) >= 11 is 0. The van der Waals surface area contributed by atoms with E-state index in [2.05, 4.69) is 25.6 Å². The van der Waals surface area contributed by atoms with Crippen LogP contribution in [0.2, 0.25) is 0 Å². The molecular formula is C16H18N6O. The third-order valence-corrected chi connectivity index (χ3v) is 3.70. The first kappa shape index (κ1) is 15.0. The molecule has 0 unspecified atom stereocenters. The molecular weight excluding hydrogens is 292 g/mol. The monoisotopic (exact) mass is 310 g/mol. The zero-order valence-electron chi connectivity index (χ0n) is 13.3. The van der Waals surface area contributed by atoms with Gasteiger partial charge in [-0.25, -0.2) is 0 Å². The molecule has 118 valence electrons. The van der Waals surface area contributed by atoms with Crippen molar-refractivity contribution < 1.29 is 4.79 Å². The van der Waals surface area contributed by atoms with Crippen LogP contribution in [0.25, 0.3) is 11.4 Å². The Morgan fingerprint density at radius 1 is 1.35 bits per heavy atom. The largest absolute Gasteiger partial charge is 0.305 e. The number of hydrogen-bond acceptors (Lipinski definition) is 4. The Bertz CT molecular complexity index is 834. The van der Waals surface area contributed by atoms with Crippen LogP contribution < -0.4 is 5.32 Å². The van der Waals surface area contributed by atoms with Crippen LogP contribution in [0, 0.1) is 6.92 Å². The molecule has 0 aliphatic heterocycles. The molecule has 0 saturated heterocycles. The van der Waals surface area contributed by atoms with Crippen molar-refractivity contribution in [1.29, 1.82) is 0 Å². The van der Waals surface area contributed by atoms with Crippen LogP contribution in [0.5, 0.6) is 0 Å². The molecule has 2 N–H and O–H groups in total. The molecule has 0 spiro atoms. The molecule has 3 rings (SSSR count). The zero-order valence-corrected chi connectivity index (χ0v) is 13.3. The molecule has 7 heteroatoms. The molecule has 0 aliphatic rings. The van der Waals surface area contributed by atoms with E-state index in [4.69, 9.17) is 0 Å². The number of hydrogen-bond donors (Lipinski definition) is 2. The van der Waals surface area contributed by atoms with Crippen LogP contribution in [0.15, 0.2) is 30.5 Å². The van der Waals surface area contributed by atoms with Crippen molar-refractivity contribution in [3.05, 3.63) is 47.4 Å². The number of carbonyl (C=O) groups excluding carboxylic acids is 1. The number of amides is 1. The van der Waals surface area contributed by atoms with Crippen molar-refractivity contribution in [2.75, 3.05) is 5.32 Å². The van der Waals surface area contributed by atoms with E-state index in [0.717, 1.165) is 17.7 Å². The van der Waals surface area contributed by atoms with E-state index >= 15 is 0 Å². The average Bonchev–Trinajstić information content (AvgIpc) is 3.16. The van der Waals surface area contributed by atoms with E-state index in [1.807, 2.05) is 39.1 Å². The minimum Gasteiger partial charge on any atom is -0.305 e. The summed E-state index contributed by atoms with van der Waals surface area (Å²) in [6.45, 7) is 3.99. The molecule has 0 atom stereocenters. The quantitative estimate of drug-likeness (QED) is 0.774. The number of rotatable bonds is 4. The fourth-order valence-electron chi connectivity index (χ4n) is 2.45. The van der Waals surface area contributed by atoms with E-state index < -0.39 is 0 Å². The normalized spacial score (nSPS) is 10.7. The van der Waals surface area contributed by atoms with Crippen LogP contribution in [-0.4, -0.2) is 30.9 Å². The van der Waals surface area contributed by atoms with Gasteiger partial charge in [-0.15, -0.1) is 0 Å². The summed E-state index contributed by atoms with van der Waals surface area (Å²) < 4.78 is 1.68. The van der Waals surface area contributed by atoms with Crippen molar-refractivity contribution in [3.63, 3.8) is 0 Å². The van der Waals surface area contributed by atoms with E-state index in [1.165, 1.54) is 0 Å². The van der Waals surface area contributed by atoms with E-state index in [9.17, 15) is 4.79 Å². The summed E-state index contributed by atoms with van der Waals surface area (Å²) in [5.41, 5.74) is 3.68. The van der Waals surface area contributed by atoms with Crippen LogP contribution in [0.4, 0.5) is 5.82 Å². The Hall–Kier alpha value is -2.96. The maximum absolute atomic E-state index is 12.4. The maximum Gasteiger partial charge on any atom is 0.274 e. The Morgan fingerprint density at radius 3 is 2.83 bits per heavy atom. The lowest BCUT2D eigenvalue weighted by Crippen LogP contribution is -2.15. The zero-order chi connectivity index (χ0) is 16.4. The topological polar surface area (TPSA) is 88.5 Å². The van der Waals surface area contributed by atoms with Gasteiger partial charge in [0.15, 0.2) is 0 Å². The highest BCUT2D eigenvalue weighted by atomic mass is 16.2. The number of H-pyrrole nitrogens is 1. The van der Waals surface area contributed by atoms with Crippen molar-refractivity contribution in [2.45, 2.75) is 20.3 Å². The smallest absolute Gasteiger partial charge is 0.274 e. The van der Waals surface area contributed by atoms with E-state index in [0.29, 0.717) is 22.9 Å². The SMILES string of the molecule is CCc1nn(C)c(NC(=O)c2cc(-c3ccccn3)n[nH]2)c1C. The Kier molecular flexibility index (Phi) is 3.92. The minimum atomic E-state index is -0.256. The Labute approximate surface area is 133 Å². The van der Waals surface area contributed by atoms with Crippen LogP contribution in [0.1, 0.15) is 28.7 Å². The number of aromatic amines is 1. The van der Waals surface area contributed by atoms with Gasteiger partial charge in [0, 0.05) is 18.8 Å². The molecule has 0 bridgehead atoms. The highest BCUT2D eigenvalue weighted by molar-refractivity contribution is 6.03. The lowest BCUT2D eigenvalue weighted by atomic mass is 10.2. The standard InChI is InChI=1S/C16H18N6O/c1-4-11-10(2)15(22(3)21-11)18-16(23)14-9-13(19-20-14)12-7-5-6-8-17-12/h5-9H,4H2,1-3H3,(H,18,23)(H,19,20). The second-order valence-electron chi connectivity index (χ2n) is 5.23. The molecule has 0 saturated carbocycles. The summed E-state index contributed by atoms with van der Waals surface area (Å²) in [4.78, 5) is 16.6. The van der Waals surface area contributed by atoms with E-state index in [-0.39, 0.29) is 5.91 Å². The lowest BCUT2D eigenvalue weighted by molar-refractivity contribution is 0.102. The third-order valence-electron chi connectivity index (χ3n) is 3.70. The van der Waals surface area contributed by atoms with Gasteiger partial charge in [-0.05, 0) is 31.5 Å². The summed E-state index contributed by atoms with van der Waals surface area (Å²) in [6, 6.07) is 7.24. The number of anilines is 1. The summed E-state index contributed by atoms with van der Waals surface area (Å²) in [5, 5.41) is 14.2. The van der Waals surface area contributed by atoms with Gasteiger partial charge in [0.05, 0.1) is 11.4 Å². The number of nitrogens with zero attached hydrogens (tertiary/aromatic N) is 4. The maximum atomic E-state index is 12.4. The molecule has 0 aliphatic carbocycles. The first-order valence-corrected chi connectivity index (χ1v) is 7.40. The molecule has 3 heterocycles. The van der Waals surface area contributed by atoms with Crippen LogP contribution >= 0.6 is 0 Å². The lowest BCUT2D eigenvalue weighted by Gasteiger charge is -2.05. The van der Waals surface area contributed by atoms with Gasteiger partial charge >= 0.3 is 0 Å². The number of aryl methyl sites for hydroxylation is 2. The average molecular weight is 310 g/mol. The number of aromatic nitrogens is 5. The molecule has 0 radical (unpaired) electrons. The summed E-state index contributed by atoms with van der Waals surface area (Å²) in [5.74, 6) is 0.439. The predicted molar refractivity (Wildman–Crippen MR) is 87.1 cm³/mol. The second-order valence-corrected chi connectivity index (χ2v) is 5.23. The summed E-state index contributed by atoms with van der Waals surface area (Å²) in [7, 11) is 1.81. The van der Waals surface area contributed by atoms with Gasteiger partial charge in [0.25, 0.3) is 5.91 Å². The predicted octanol–water partition coefficient (Wildman–Crippen LogP) is 2.33. The van der Waals surface area contributed by atoms with Crippen molar-refractivity contribution in [3.8, 4) is 11.4 Å². The van der Waals surface area contributed by atoms with Crippen molar-refractivity contribution >= 4 is 11.7 Å². The van der Waals surface area contributed by atoms with Crippen LogP contribution in [0.3, 0.4) is 0 Å². The third kappa shape index (κ3) is 2.85. The fraction of sp³-hybridized carbons (Fsp3) is 0.250. The van der Waals surface area contributed by atoms with Gasteiger partial charge in [-0.2, -0.15) is 10.2 Å².